The lowest BCUT2D eigenvalue weighted by atomic mass is 10.2. The maximum Gasteiger partial charge on any atom is 0.254 e. The third kappa shape index (κ3) is 5.56. The fourth-order valence-electron chi connectivity index (χ4n) is 3.43. The average molecular weight is 431 g/mol. The molecule has 0 aromatic heterocycles. The van der Waals surface area contributed by atoms with E-state index in [4.69, 9.17) is 4.74 Å². The third-order valence-corrected chi connectivity index (χ3v) is 5.03. The molecule has 7 nitrogen and oxygen atoms in total. The second-order valence-electron chi connectivity index (χ2n) is 7.09. The number of nitrogens with zero attached hydrogens (tertiary/aromatic N) is 1. The summed E-state index contributed by atoms with van der Waals surface area (Å²) in [5.41, 5.74) is 0.297. The minimum absolute atomic E-state index is 0.0300. The van der Waals surface area contributed by atoms with Gasteiger partial charge in [0, 0.05) is 31.3 Å². The van der Waals surface area contributed by atoms with E-state index in [2.05, 4.69) is 10.6 Å². The van der Waals surface area contributed by atoms with Crippen LogP contribution in [-0.4, -0.2) is 48.9 Å². The second kappa shape index (κ2) is 10.0. The highest BCUT2D eigenvalue weighted by atomic mass is 19.1. The van der Waals surface area contributed by atoms with E-state index in [-0.39, 0.29) is 30.3 Å². The predicted octanol–water partition coefficient (Wildman–Crippen LogP) is 2.72. The van der Waals surface area contributed by atoms with Crippen LogP contribution in [0.15, 0.2) is 42.5 Å². The first-order chi connectivity index (χ1) is 14.9. The minimum atomic E-state index is -0.973. The Hall–Kier alpha value is -3.49. The van der Waals surface area contributed by atoms with Gasteiger partial charge in [-0.05, 0) is 49.2 Å². The molecule has 3 rings (SSSR count). The minimum Gasteiger partial charge on any atom is -0.497 e. The van der Waals surface area contributed by atoms with E-state index in [9.17, 15) is 23.2 Å². The lowest BCUT2D eigenvalue weighted by molar-refractivity contribution is -0.136. The number of anilines is 1. The monoisotopic (exact) mass is 431 g/mol. The third-order valence-electron chi connectivity index (χ3n) is 5.03. The van der Waals surface area contributed by atoms with Crippen molar-refractivity contribution in [3.05, 3.63) is 59.7 Å². The number of rotatable bonds is 7. The molecule has 0 saturated carbocycles. The summed E-state index contributed by atoms with van der Waals surface area (Å²) in [5.74, 6) is -2.39. The summed E-state index contributed by atoms with van der Waals surface area (Å²) in [4.78, 5) is 38.7. The molecule has 2 aromatic rings. The number of amides is 3. The van der Waals surface area contributed by atoms with Crippen molar-refractivity contribution in [3.63, 3.8) is 0 Å². The molecule has 2 N–H and O–H groups in total. The standard InChI is InChI=1S/C22H23F2N3O4/c1-31-16-7-5-15(6-8-16)26-22(30)19-3-2-12-27(19)20(28)10-11-25-21(29)17-9-4-14(23)13-18(17)24/h4-9,13,19H,2-3,10-12H2,1H3,(H,25,29)(H,26,30). The summed E-state index contributed by atoms with van der Waals surface area (Å²) < 4.78 is 31.7. The van der Waals surface area contributed by atoms with E-state index in [1.54, 1.807) is 31.4 Å². The molecule has 0 spiro atoms. The van der Waals surface area contributed by atoms with Gasteiger partial charge in [-0.15, -0.1) is 0 Å². The number of ether oxygens (including phenoxy) is 1. The molecular weight excluding hydrogens is 408 g/mol. The van der Waals surface area contributed by atoms with Gasteiger partial charge in [0.2, 0.25) is 11.8 Å². The Balaban J connectivity index is 1.51. The van der Waals surface area contributed by atoms with Gasteiger partial charge < -0.3 is 20.3 Å². The van der Waals surface area contributed by atoms with E-state index in [1.807, 2.05) is 0 Å². The highest BCUT2D eigenvalue weighted by Crippen LogP contribution is 2.21. The SMILES string of the molecule is COc1ccc(NC(=O)C2CCCN2C(=O)CCNC(=O)c2ccc(F)cc2F)cc1. The van der Waals surface area contributed by atoms with Crippen LogP contribution in [0.1, 0.15) is 29.6 Å². The topological polar surface area (TPSA) is 87.7 Å². The van der Waals surface area contributed by atoms with Crippen LogP contribution in [0.4, 0.5) is 14.5 Å². The molecule has 1 saturated heterocycles. The maximum atomic E-state index is 13.7. The number of halogens is 2. The van der Waals surface area contributed by atoms with E-state index in [1.165, 1.54) is 4.90 Å². The fraction of sp³-hybridized carbons (Fsp3) is 0.318. The Morgan fingerprint density at radius 2 is 1.87 bits per heavy atom. The molecule has 164 valence electrons. The van der Waals surface area contributed by atoms with Gasteiger partial charge in [-0.3, -0.25) is 14.4 Å². The average Bonchev–Trinajstić information content (AvgIpc) is 3.24. The van der Waals surface area contributed by atoms with Gasteiger partial charge >= 0.3 is 0 Å². The van der Waals surface area contributed by atoms with Crippen molar-refractivity contribution in [3.8, 4) is 5.75 Å². The van der Waals surface area contributed by atoms with Crippen molar-refractivity contribution in [2.75, 3.05) is 25.5 Å². The Bertz CT molecular complexity index is 966. The first-order valence-electron chi connectivity index (χ1n) is 9.86. The van der Waals surface area contributed by atoms with Crippen LogP contribution >= 0.6 is 0 Å². The number of carbonyl (C=O) groups excluding carboxylic acids is 3. The zero-order chi connectivity index (χ0) is 22.4. The van der Waals surface area contributed by atoms with Gasteiger partial charge in [-0.2, -0.15) is 0 Å². The summed E-state index contributed by atoms with van der Waals surface area (Å²) in [6.45, 7) is 0.415. The molecule has 31 heavy (non-hydrogen) atoms. The number of nitrogens with one attached hydrogen (secondary N) is 2. The maximum absolute atomic E-state index is 13.7. The molecule has 9 heteroatoms. The molecule has 0 radical (unpaired) electrons. The van der Waals surface area contributed by atoms with Crippen LogP contribution in [0.3, 0.4) is 0 Å². The number of methoxy groups -OCH3 is 1. The van der Waals surface area contributed by atoms with Gasteiger partial charge in [0.05, 0.1) is 12.7 Å². The molecule has 1 unspecified atom stereocenters. The molecular formula is C22H23F2N3O4. The molecule has 1 fully saturated rings. The van der Waals surface area contributed by atoms with Crippen molar-refractivity contribution in [2.24, 2.45) is 0 Å². The fourth-order valence-corrected chi connectivity index (χ4v) is 3.43. The summed E-state index contributed by atoms with van der Waals surface area (Å²) in [6, 6.07) is 8.92. The van der Waals surface area contributed by atoms with Gasteiger partial charge in [-0.25, -0.2) is 8.78 Å². The first kappa shape index (κ1) is 22.2. The van der Waals surface area contributed by atoms with Crippen LogP contribution in [0.5, 0.6) is 5.75 Å². The summed E-state index contributed by atoms with van der Waals surface area (Å²) in [5, 5.41) is 5.24. The van der Waals surface area contributed by atoms with E-state index in [0.717, 1.165) is 12.1 Å². The normalized spacial score (nSPS) is 15.5. The van der Waals surface area contributed by atoms with Crippen LogP contribution in [0, 0.1) is 11.6 Å². The lowest BCUT2D eigenvalue weighted by Crippen LogP contribution is -2.44. The van der Waals surface area contributed by atoms with E-state index in [0.29, 0.717) is 36.9 Å². The van der Waals surface area contributed by atoms with E-state index < -0.39 is 23.6 Å². The van der Waals surface area contributed by atoms with Crippen molar-refractivity contribution >= 4 is 23.4 Å². The number of benzene rings is 2. The lowest BCUT2D eigenvalue weighted by Gasteiger charge is -2.24. The van der Waals surface area contributed by atoms with Gasteiger partial charge in [0.25, 0.3) is 5.91 Å². The molecule has 0 bridgehead atoms. The number of hydrogen-bond donors (Lipinski definition) is 2. The van der Waals surface area contributed by atoms with Crippen molar-refractivity contribution in [1.82, 2.24) is 10.2 Å². The van der Waals surface area contributed by atoms with Crippen molar-refractivity contribution < 1.29 is 27.9 Å². The van der Waals surface area contributed by atoms with Gasteiger partial charge in [-0.1, -0.05) is 0 Å². The van der Waals surface area contributed by atoms with Crippen LogP contribution in [-0.2, 0) is 9.59 Å². The quantitative estimate of drug-likeness (QED) is 0.706. The number of carbonyl (C=O) groups is 3. The van der Waals surface area contributed by atoms with Gasteiger partial charge in [0.15, 0.2) is 0 Å². The van der Waals surface area contributed by atoms with Crippen molar-refractivity contribution in [1.29, 1.82) is 0 Å². The zero-order valence-corrected chi connectivity index (χ0v) is 17.0. The first-order valence-corrected chi connectivity index (χ1v) is 9.86. The molecule has 1 aliphatic heterocycles. The Morgan fingerprint density at radius 3 is 2.55 bits per heavy atom. The Labute approximate surface area is 178 Å². The summed E-state index contributed by atoms with van der Waals surface area (Å²) in [7, 11) is 1.55. The zero-order valence-electron chi connectivity index (χ0n) is 17.0. The molecule has 3 amide bonds. The Morgan fingerprint density at radius 1 is 1.13 bits per heavy atom. The summed E-state index contributed by atoms with van der Waals surface area (Å²) >= 11 is 0. The van der Waals surface area contributed by atoms with Crippen LogP contribution in [0.2, 0.25) is 0 Å². The van der Waals surface area contributed by atoms with Crippen LogP contribution < -0.4 is 15.4 Å². The molecule has 2 aromatic carbocycles. The summed E-state index contributed by atoms with van der Waals surface area (Å²) in [6.07, 6.45) is 1.20. The Kier molecular flexibility index (Phi) is 7.17. The predicted molar refractivity (Wildman–Crippen MR) is 110 cm³/mol. The highest BCUT2D eigenvalue weighted by molar-refractivity contribution is 5.98. The number of hydrogen-bond acceptors (Lipinski definition) is 4. The largest absolute Gasteiger partial charge is 0.497 e. The smallest absolute Gasteiger partial charge is 0.254 e. The molecule has 0 aliphatic carbocycles. The van der Waals surface area contributed by atoms with Crippen molar-refractivity contribution in [2.45, 2.75) is 25.3 Å². The van der Waals surface area contributed by atoms with Crippen LogP contribution in [0.25, 0.3) is 0 Å². The highest BCUT2D eigenvalue weighted by Gasteiger charge is 2.33. The molecule has 1 heterocycles. The molecule has 1 atom stereocenters. The van der Waals surface area contributed by atoms with Gasteiger partial charge in [0.1, 0.15) is 23.4 Å². The second-order valence-corrected chi connectivity index (χ2v) is 7.09. The van der Waals surface area contributed by atoms with E-state index >= 15 is 0 Å². The number of likely N-dealkylation sites (tertiary alicyclic amines) is 1. The molecule has 1 aliphatic rings.